The molecule has 3 aromatic carbocycles. The quantitative estimate of drug-likeness (QED) is 0.203. The van der Waals surface area contributed by atoms with Crippen LogP contribution in [0.4, 0.5) is 0 Å². The van der Waals surface area contributed by atoms with E-state index >= 15 is 0 Å². The molecule has 0 bridgehead atoms. The molecule has 2 N–H and O–H groups in total. The van der Waals surface area contributed by atoms with Crippen LogP contribution in [0.1, 0.15) is 12.8 Å². The van der Waals surface area contributed by atoms with Crippen molar-refractivity contribution >= 4 is 19.4 Å². The third-order valence-electron chi connectivity index (χ3n) is 6.37. The molecule has 1 aliphatic rings. The van der Waals surface area contributed by atoms with E-state index in [0.29, 0.717) is 17.7 Å². The lowest BCUT2D eigenvalue weighted by Gasteiger charge is -2.35. The van der Waals surface area contributed by atoms with Crippen molar-refractivity contribution < 1.29 is 13.6 Å². The molecule has 0 aromatic heterocycles. The fourth-order valence-electron chi connectivity index (χ4n) is 4.27. The van der Waals surface area contributed by atoms with E-state index in [1.54, 1.807) is 0 Å². The zero-order valence-electron chi connectivity index (χ0n) is 21.4. The summed E-state index contributed by atoms with van der Waals surface area (Å²) in [6.45, 7) is 6.01. The standard InChI is InChI=1S/C29H38N3O3PS/c30-26(25-37-29-15-8-3-9-16-29)17-19-32-22-20-31(21-23-32)18-10-24-36(33,34-27-11-4-1-5-12-27)35-28-13-6-2-7-14-28/h1-9,11-16,26H,10,17-25,30H2/t26-/m1/s1. The molecule has 1 saturated heterocycles. The van der Waals surface area contributed by atoms with Gasteiger partial charge in [-0.2, -0.15) is 0 Å². The fraction of sp³-hybridized carbons (Fsp3) is 0.379. The van der Waals surface area contributed by atoms with Crippen LogP contribution in [0.2, 0.25) is 0 Å². The molecule has 3 aromatic rings. The molecule has 0 radical (unpaired) electrons. The van der Waals surface area contributed by atoms with Crippen molar-refractivity contribution in [1.29, 1.82) is 0 Å². The Morgan fingerprint density at radius 3 is 1.78 bits per heavy atom. The van der Waals surface area contributed by atoms with Gasteiger partial charge in [0.1, 0.15) is 11.5 Å². The second-order valence-electron chi connectivity index (χ2n) is 9.35. The smallest absolute Gasteiger partial charge is 0.416 e. The first-order valence-electron chi connectivity index (χ1n) is 13.0. The monoisotopic (exact) mass is 539 g/mol. The summed E-state index contributed by atoms with van der Waals surface area (Å²) in [4.78, 5) is 6.22. The molecule has 1 fully saturated rings. The molecule has 4 rings (SSSR count). The van der Waals surface area contributed by atoms with Gasteiger partial charge in [-0.05, 0) is 62.3 Å². The zero-order valence-corrected chi connectivity index (χ0v) is 23.1. The van der Waals surface area contributed by atoms with Crippen LogP contribution in [-0.4, -0.2) is 67.0 Å². The third-order valence-corrected chi connectivity index (χ3v) is 9.41. The van der Waals surface area contributed by atoms with Crippen LogP contribution in [0, 0.1) is 0 Å². The molecular formula is C29H38N3O3PS. The predicted octanol–water partition coefficient (Wildman–Crippen LogP) is 5.85. The molecular weight excluding hydrogens is 501 g/mol. The van der Waals surface area contributed by atoms with Crippen LogP contribution in [-0.2, 0) is 4.57 Å². The van der Waals surface area contributed by atoms with E-state index in [0.717, 1.165) is 57.9 Å². The number of thioether (sulfide) groups is 1. The van der Waals surface area contributed by atoms with E-state index in [9.17, 15) is 4.57 Å². The summed E-state index contributed by atoms with van der Waals surface area (Å²) in [6, 6.07) is 29.2. The zero-order chi connectivity index (χ0) is 25.8. The van der Waals surface area contributed by atoms with Gasteiger partial charge in [0.25, 0.3) is 0 Å². The average Bonchev–Trinajstić information content (AvgIpc) is 2.93. The molecule has 0 saturated carbocycles. The Kier molecular flexibility index (Phi) is 11.0. The Hall–Kier alpha value is -2.28. The summed E-state index contributed by atoms with van der Waals surface area (Å²) in [5.74, 6) is 2.08. The van der Waals surface area contributed by atoms with E-state index in [2.05, 4.69) is 34.1 Å². The molecule has 198 valence electrons. The Labute approximate surface area is 225 Å². The van der Waals surface area contributed by atoms with Crippen molar-refractivity contribution in [2.75, 3.05) is 51.2 Å². The van der Waals surface area contributed by atoms with E-state index in [-0.39, 0.29) is 6.04 Å². The van der Waals surface area contributed by atoms with Crippen molar-refractivity contribution in [3.05, 3.63) is 91.0 Å². The molecule has 0 spiro atoms. The second kappa shape index (κ2) is 14.6. The summed E-state index contributed by atoms with van der Waals surface area (Å²) in [5, 5.41) is 0. The maximum Gasteiger partial charge on any atom is 0.430 e. The third kappa shape index (κ3) is 9.84. The summed E-state index contributed by atoms with van der Waals surface area (Å²) in [6.07, 6.45) is 2.13. The summed E-state index contributed by atoms with van der Waals surface area (Å²) < 4.78 is 25.5. The van der Waals surface area contributed by atoms with Crippen molar-refractivity contribution in [2.45, 2.75) is 23.8 Å². The number of piperazine rings is 1. The highest BCUT2D eigenvalue weighted by Crippen LogP contribution is 2.49. The van der Waals surface area contributed by atoms with E-state index in [4.69, 9.17) is 14.8 Å². The Morgan fingerprint density at radius 2 is 1.24 bits per heavy atom. The minimum atomic E-state index is -3.35. The molecule has 1 heterocycles. The van der Waals surface area contributed by atoms with Gasteiger partial charge in [0.15, 0.2) is 0 Å². The molecule has 1 aliphatic heterocycles. The number of hydrogen-bond acceptors (Lipinski definition) is 7. The first-order chi connectivity index (χ1) is 18.1. The van der Waals surface area contributed by atoms with Crippen molar-refractivity contribution in [2.24, 2.45) is 5.73 Å². The molecule has 8 heteroatoms. The SMILES string of the molecule is N[C@H](CCN1CCN(CCCP(=O)(Oc2ccccc2)Oc2ccccc2)CC1)CSc1ccccc1. The first kappa shape index (κ1) is 27.7. The minimum Gasteiger partial charge on any atom is -0.416 e. The van der Waals surface area contributed by atoms with Crippen LogP contribution >= 0.6 is 19.4 Å². The fourth-order valence-corrected chi connectivity index (χ4v) is 6.83. The maximum absolute atomic E-state index is 13.7. The molecule has 0 amide bonds. The van der Waals surface area contributed by atoms with Crippen LogP contribution in [0.3, 0.4) is 0 Å². The van der Waals surface area contributed by atoms with Gasteiger partial charge in [-0.25, -0.2) is 4.57 Å². The lowest BCUT2D eigenvalue weighted by Crippen LogP contribution is -2.47. The number of rotatable bonds is 14. The number of hydrogen-bond donors (Lipinski definition) is 1. The van der Waals surface area contributed by atoms with Gasteiger partial charge in [-0.1, -0.05) is 54.6 Å². The first-order valence-corrected chi connectivity index (χ1v) is 15.8. The topological polar surface area (TPSA) is 68.0 Å². The van der Waals surface area contributed by atoms with Gasteiger partial charge in [0.2, 0.25) is 0 Å². The van der Waals surface area contributed by atoms with Crippen molar-refractivity contribution in [3.63, 3.8) is 0 Å². The van der Waals surface area contributed by atoms with Gasteiger partial charge in [-0.15, -0.1) is 11.8 Å². The molecule has 6 nitrogen and oxygen atoms in total. The Morgan fingerprint density at radius 1 is 0.757 bits per heavy atom. The summed E-state index contributed by atoms with van der Waals surface area (Å²) >= 11 is 1.83. The second-order valence-corrected chi connectivity index (χ2v) is 12.5. The summed E-state index contributed by atoms with van der Waals surface area (Å²) in [7, 11) is -3.35. The lowest BCUT2D eigenvalue weighted by atomic mass is 10.2. The van der Waals surface area contributed by atoms with Crippen LogP contribution in [0.15, 0.2) is 95.9 Å². The maximum atomic E-state index is 13.7. The Bertz CT molecular complexity index is 1040. The van der Waals surface area contributed by atoms with Gasteiger partial charge in [-0.3, -0.25) is 0 Å². The number of benzene rings is 3. The van der Waals surface area contributed by atoms with Crippen LogP contribution in [0.25, 0.3) is 0 Å². The molecule has 1 atom stereocenters. The molecule has 37 heavy (non-hydrogen) atoms. The summed E-state index contributed by atoms with van der Waals surface area (Å²) in [5.41, 5.74) is 6.37. The van der Waals surface area contributed by atoms with Gasteiger partial charge >= 0.3 is 7.60 Å². The van der Waals surface area contributed by atoms with Gasteiger partial charge < -0.3 is 24.6 Å². The van der Waals surface area contributed by atoms with Crippen molar-refractivity contribution in [3.8, 4) is 11.5 Å². The van der Waals surface area contributed by atoms with Crippen molar-refractivity contribution in [1.82, 2.24) is 9.80 Å². The van der Waals surface area contributed by atoms with E-state index in [1.165, 1.54) is 4.90 Å². The van der Waals surface area contributed by atoms with Crippen LogP contribution in [0.5, 0.6) is 11.5 Å². The van der Waals surface area contributed by atoms with E-state index in [1.807, 2.05) is 78.5 Å². The highest BCUT2D eigenvalue weighted by atomic mass is 32.2. The minimum absolute atomic E-state index is 0.201. The normalized spacial score (nSPS) is 15.8. The predicted molar refractivity (Wildman–Crippen MR) is 154 cm³/mol. The largest absolute Gasteiger partial charge is 0.430 e. The lowest BCUT2D eigenvalue weighted by molar-refractivity contribution is 0.130. The Balaban J connectivity index is 1.17. The van der Waals surface area contributed by atoms with Gasteiger partial charge in [0.05, 0.1) is 6.16 Å². The van der Waals surface area contributed by atoms with E-state index < -0.39 is 7.60 Å². The highest BCUT2D eigenvalue weighted by molar-refractivity contribution is 7.99. The van der Waals surface area contributed by atoms with Gasteiger partial charge in [0, 0.05) is 42.9 Å². The molecule has 0 unspecified atom stereocenters. The number of nitrogens with zero attached hydrogens (tertiary/aromatic N) is 2. The number of nitrogens with two attached hydrogens (primary N) is 1. The molecule has 0 aliphatic carbocycles. The average molecular weight is 540 g/mol. The van der Waals surface area contributed by atoms with Crippen LogP contribution < -0.4 is 14.8 Å². The highest BCUT2D eigenvalue weighted by Gasteiger charge is 2.28. The number of para-hydroxylation sites is 2.